The van der Waals surface area contributed by atoms with Gasteiger partial charge in [0.25, 0.3) is 0 Å². The van der Waals surface area contributed by atoms with Crippen LogP contribution in [0.15, 0.2) is 41.8 Å². The maximum atomic E-state index is 11.7. The molecular weight excluding hydrogens is 238 g/mol. The fraction of sp³-hybridized carbons (Fsp3) is 0.333. The molecule has 1 rings (SSSR count). The van der Waals surface area contributed by atoms with Crippen LogP contribution >= 0.6 is 0 Å². The molecule has 0 amide bonds. The van der Waals surface area contributed by atoms with Gasteiger partial charge < -0.3 is 4.74 Å². The molecule has 0 saturated heterocycles. The molecule has 0 aromatic heterocycles. The van der Waals surface area contributed by atoms with Gasteiger partial charge in [-0.15, -0.1) is 6.58 Å². The smallest absolute Gasteiger partial charge is 0.240 e. The first-order valence-electron chi connectivity index (χ1n) is 5.33. The van der Waals surface area contributed by atoms with E-state index in [4.69, 9.17) is 4.74 Å². The summed E-state index contributed by atoms with van der Waals surface area (Å²) in [6, 6.07) is 6.32. The summed E-state index contributed by atoms with van der Waals surface area (Å²) in [7, 11) is -3.44. The van der Waals surface area contributed by atoms with Gasteiger partial charge in [0.05, 0.1) is 11.0 Å². The topological polar surface area (TPSA) is 55.4 Å². The van der Waals surface area contributed by atoms with Gasteiger partial charge in [0.15, 0.2) is 0 Å². The summed E-state index contributed by atoms with van der Waals surface area (Å²) >= 11 is 0. The highest BCUT2D eigenvalue weighted by Crippen LogP contribution is 2.16. The average Bonchev–Trinajstić information content (AvgIpc) is 2.26. The van der Waals surface area contributed by atoms with Gasteiger partial charge in [0, 0.05) is 6.54 Å². The molecule has 0 aliphatic rings. The van der Waals surface area contributed by atoms with E-state index in [2.05, 4.69) is 11.3 Å². The highest BCUT2D eigenvalue weighted by molar-refractivity contribution is 7.89. The number of hydrogen-bond acceptors (Lipinski definition) is 3. The Morgan fingerprint density at radius 3 is 2.41 bits per heavy atom. The van der Waals surface area contributed by atoms with E-state index in [1.807, 2.05) is 13.8 Å². The number of rotatable bonds is 6. The second-order valence-corrected chi connectivity index (χ2v) is 5.55. The number of nitrogens with one attached hydrogen (secondary N) is 1. The predicted octanol–water partition coefficient (Wildman–Crippen LogP) is 1.94. The maximum absolute atomic E-state index is 11.7. The van der Waals surface area contributed by atoms with Gasteiger partial charge >= 0.3 is 0 Å². The first-order chi connectivity index (χ1) is 7.95. The zero-order valence-electron chi connectivity index (χ0n) is 10.0. The third-order valence-electron chi connectivity index (χ3n) is 1.92. The van der Waals surface area contributed by atoms with Crippen LogP contribution in [0.1, 0.15) is 13.8 Å². The van der Waals surface area contributed by atoms with Crippen molar-refractivity contribution in [3.63, 3.8) is 0 Å². The first-order valence-corrected chi connectivity index (χ1v) is 6.81. The van der Waals surface area contributed by atoms with Crippen molar-refractivity contribution in [1.82, 2.24) is 4.72 Å². The maximum Gasteiger partial charge on any atom is 0.240 e. The van der Waals surface area contributed by atoms with Gasteiger partial charge in [-0.25, -0.2) is 13.1 Å². The molecule has 0 aliphatic heterocycles. The van der Waals surface area contributed by atoms with Crippen LogP contribution < -0.4 is 9.46 Å². The predicted molar refractivity (Wildman–Crippen MR) is 67.6 cm³/mol. The number of hydrogen-bond donors (Lipinski definition) is 1. The van der Waals surface area contributed by atoms with E-state index in [-0.39, 0.29) is 17.5 Å². The molecule has 0 radical (unpaired) electrons. The van der Waals surface area contributed by atoms with Crippen LogP contribution in [-0.2, 0) is 10.0 Å². The Labute approximate surface area is 102 Å². The lowest BCUT2D eigenvalue weighted by molar-refractivity contribution is 0.242. The van der Waals surface area contributed by atoms with Gasteiger partial charge in [-0.3, -0.25) is 0 Å². The molecule has 0 heterocycles. The number of benzene rings is 1. The molecule has 1 aromatic rings. The molecule has 4 nitrogen and oxygen atoms in total. The lowest BCUT2D eigenvalue weighted by Gasteiger charge is -2.10. The van der Waals surface area contributed by atoms with Crippen LogP contribution in [0, 0.1) is 0 Å². The van der Waals surface area contributed by atoms with Gasteiger partial charge in [-0.05, 0) is 38.1 Å². The standard InChI is InChI=1S/C12H17NO3S/c1-4-9-13-17(14,15)12-7-5-11(6-8-12)16-10(2)3/h4-8,10,13H,1,9H2,2-3H3. The summed E-state index contributed by atoms with van der Waals surface area (Å²) in [4.78, 5) is 0.218. The Balaban J connectivity index is 2.83. The molecule has 0 fully saturated rings. The van der Waals surface area contributed by atoms with Crippen molar-refractivity contribution in [3.8, 4) is 5.75 Å². The zero-order valence-corrected chi connectivity index (χ0v) is 10.8. The Hall–Kier alpha value is -1.33. The third kappa shape index (κ3) is 4.20. The summed E-state index contributed by atoms with van der Waals surface area (Å²) in [6.45, 7) is 7.50. The summed E-state index contributed by atoms with van der Waals surface area (Å²) in [5.41, 5.74) is 0. The van der Waals surface area contributed by atoms with E-state index in [1.54, 1.807) is 12.1 Å². The Bertz CT molecular complexity index is 463. The Morgan fingerprint density at radius 1 is 1.35 bits per heavy atom. The van der Waals surface area contributed by atoms with Crippen LogP contribution in [0.5, 0.6) is 5.75 Å². The van der Waals surface area contributed by atoms with Crippen LogP contribution in [0.4, 0.5) is 0 Å². The van der Waals surface area contributed by atoms with Crippen LogP contribution in [0.2, 0.25) is 0 Å². The first kappa shape index (κ1) is 13.7. The molecule has 5 heteroatoms. The molecule has 0 unspecified atom stereocenters. The number of sulfonamides is 1. The Morgan fingerprint density at radius 2 is 1.94 bits per heavy atom. The SMILES string of the molecule is C=CCNS(=O)(=O)c1ccc(OC(C)C)cc1. The number of ether oxygens (including phenoxy) is 1. The van der Waals surface area contributed by atoms with E-state index >= 15 is 0 Å². The highest BCUT2D eigenvalue weighted by atomic mass is 32.2. The molecular formula is C12H17NO3S. The van der Waals surface area contributed by atoms with Crippen molar-refractivity contribution < 1.29 is 13.2 Å². The van der Waals surface area contributed by atoms with Gasteiger partial charge in [0.1, 0.15) is 5.75 Å². The zero-order chi connectivity index (χ0) is 12.9. The molecule has 17 heavy (non-hydrogen) atoms. The van der Waals surface area contributed by atoms with Crippen molar-refractivity contribution in [3.05, 3.63) is 36.9 Å². The van der Waals surface area contributed by atoms with E-state index in [9.17, 15) is 8.42 Å². The molecule has 94 valence electrons. The second-order valence-electron chi connectivity index (χ2n) is 3.78. The Kier molecular flexibility index (Phi) is 4.72. The molecule has 0 saturated carbocycles. The quantitative estimate of drug-likeness (QED) is 0.790. The van der Waals surface area contributed by atoms with Crippen molar-refractivity contribution >= 4 is 10.0 Å². The molecule has 1 aromatic carbocycles. The summed E-state index contributed by atoms with van der Waals surface area (Å²) in [5.74, 6) is 0.655. The van der Waals surface area contributed by atoms with E-state index in [1.165, 1.54) is 18.2 Å². The van der Waals surface area contributed by atoms with Crippen molar-refractivity contribution in [1.29, 1.82) is 0 Å². The molecule has 0 bridgehead atoms. The normalized spacial score (nSPS) is 11.5. The molecule has 1 N–H and O–H groups in total. The van der Waals surface area contributed by atoms with Gasteiger partial charge in [0.2, 0.25) is 10.0 Å². The van der Waals surface area contributed by atoms with Crippen molar-refractivity contribution in [2.45, 2.75) is 24.8 Å². The van der Waals surface area contributed by atoms with Crippen LogP contribution in [0.3, 0.4) is 0 Å². The van der Waals surface area contributed by atoms with E-state index in [0.717, 1.165) is 0 Å². The van der Waals surface area contributed by atoms with Gasteiger partial charge in [-0.2, -0.15) is 0 Å². The summed E-state index contributed by atoms with van der Waals surface area (Å²) in [6.07, 6.45) is 1.56. The van der Waals surface area contributed by atoms with Crippen molar-refractivity contribution in [2.75, 3.05) is 6.54 Å². The van der Waals surface area contributed by atoms with Gasteiger partial charge in [-0.1, -0.05) is 6.08 Å². The lowest BCUT2D eigenvalue weighted by Crippen LogP contribution is -2.23. The molecule has 0 atom stereocenters. The van der Waals surface area contributed by atoms with Crippen LogP contribution in [-0.4, -0.2) is 21.1 Å². The summed E-state index contributed by atoms with van der Waals surface area (Å²) in [5, 5.41) is 0. The van der Waals surface area contributed by atoms with E-state index < -0.39 is 10.0 Å². The minimum Gasteiger partial charge on any atom is -0.491 e. The minimum absolute atomic E-state index is 0.0661. The highest BCUT2D eigenvalue weighted by Gasteiger charge is 2.12. The lowest BCUT2D eigenvalue weighted by atomic mass is 10.3. The fourth-order valence-corrected chi connectivity index (χ4v) is 2.22. The molecule has 0 spiro atoms. The average molecular weight is 255 g/mol. The van der Waals surface area contributed by atoms with E-state index in [0.29, 0.717) is 5.75 Å². The third-order valence-corrected chi connectivity index (χ3v) is 3.36. The monoisotopic (exact) mass is 255 g/mol. The van der Waals surface area contributed by atoms with Crippen LogP contribution in [0.25, 0.3) is 0 Å². The largest absolute Gasteiger partial charge is 0.491 e. The molecule has 0 aliphatic carbocycles. The summed E-state index contributed by atoms with van der Waals surface area (Å²) < 4.78 is 31.3. The fourth-order valence-electron chi connectivity index (χ4n) is 1.22. The second kappa shape index (κ2) is 5.84. The van der Waals surface area contributed by atoms with Crippen molar-refractivity contribution in [2.24, 2.45) is 0 Å². The minimum atomic E-state index is -3.44.